The van der Waals surface area contributed by atoms with Gasteiger partial charge in [0.05, 0.1) is 7.11 Å². The highest BCUT2D eigenvalue weighted by Crippen LogP contribution is 2.44. The molecule has 0 amide bonds. The highest BCUT2D eigenvalue weighted by atomic mass is 32.1. The van der Waals surface area contributed by atoms with Crippen molar-refractivity contribution in [2.24, 2.45) is 5.73 Å². The second-order valence-corrected chi connectivity index (χ2v) is 5.79. The number of rotatable bonds is 2. The maximum absolute atomic E-state index is 6.54. The Labute approximate surface area is 105 Å². The van der Waals surface area contributed by atoms with Crippen LogP contribution >= 0.6 is 11.3 Å². The van der Waals surface area contributed by atoms with Crippen molar-refractivity contribution >= 4 is 21.4 Å². The van der Waals surface area contributed by atoms with Gasteiger partial charge < -0.3 is 10.5 Å². The van der Waals surface area contributed by atoms with Gasteiger partial charge in [-0.25, -0.2) is 0 Å². The van der Waals surface area contributed by atoms with Gasteiger partial charge in [0.15, 0.2) is 0 Å². The predicted molar refractivity (Wildman–Crippen MR) is 72.7 cm³/mol. The first-order valence-corrected chi connectivity index (χ1v) is 6.96. The third kappa shape index (κ3) is 1.65. The van der Waals surface area contributed by atoms with Crippen molar-refractivity contribution in [1.29, 1.82) is 0 Å². The molecule has 2 nitrogen and oxygen atoms in total. The van der Waals surface area contributed by atoms with Gasteiger partial charge in [-0.05, 0) is 30.4 Å². The number of benzene rings is 1. The van der Waals surface area contributed by atoms with Crippen LogP contribution in [0.25, 0.3) is 10.1 Å². The molecule has 1 aliphatic carbocycles. The molecular weight excluding hydrogens is 230 g/mol. The van der Waals surface area contributed by atoms with Crippen molar-refractivity contribution in [3.8, 4) is 5.75 Å². The summed E-state index contributed by atoms with van der Waals surface area (Å²) in [6, 6.07) is 6.45. The summed E-state index contributed by atoms with van der Waals surface area (Å²) in [6.07, 6.45) is 4.58. The van der Waals surface area contributed by atoms with Gasteiger partial charge in [0.2, 0.25) is 0 Å². The van der Waals surface area contributed by atoms with Crippen LogP contribution in [0.5, 0.6) is 5.75 Å². The fourth-order valence-corrected chi connectivity index (χ4v) is 3.69. The summed E-state index contributed by atoms with van der Waals surface area (Å²) in [6.45, 7) is 0. The van der Waals surface area contributed by atoms with Crippen molar-refractivity contribution in [3.63, 3.8) is 0 Å². The predicted octanol–water partition coefficient (Wildman–Crippen LogP) is 3.64. The maximum atomic E-state index is 6.54. The standard InChI is InChI=1S/C14H17NOS/c1-16-13-10-6-9-17-12(10)5-4-11(13)14(15)7-2-3-8-14/h4-6,9H,2-3,7-8,15H2,1H3. The number of fused-ring (bicyclic) bond motifs is 1. The number of methoxy groups -OCH3 is 1. The maximum Gasteiger partial charge on any atom is 0.132 e. The van der Waals surface area contributed by atoms with Crippen LogP contribution in [0.2, 0.25) is 0 Å². The summed E-state index contributed by atoms with van der Waals surface area (Å²) in [5, 5.41) is 3.31. The van der Waals surface area contributed by atoms with Crippen LogP contribution in [-0.4, -0.2) is 7.11 Å². The van der Waals surface area contributed by atoms with E-state index in [0.717, 1.165) is 18.6 Å². The van der Waals surface area contributed by atoms with Gasteiger partial charge in [-0.2, -0.15) is 0 Å². The van der Waals surface area contributed by atoms with Crippen LogP contribution in [-0.2, 0) is 5.54 Å². The molecule has 1 saturated carbocycles. The zero-order chi connectivity index (χ0) is 11.9. The Morgan fingerprint density at radius 2 is 2.00 bits per heavy atom. The van der Waals surface area contributed by atoms with Crippen LogP contribution in [0.4, 0.5) is 0 Å². The second-order valence-electron chi connectivity index (χ2n) is 4.84. The van der Waals surface area contributed by atoms with Gasteiger partial charge in [0, 0.05) is 21.2 Å². The van der Waals surface area contributed by atoms with E-state index >= 15 is 0 Å². The van der Waals surface area contributed by atoms with Gasteiger partial charge in [0.1, 0.15) is 5.75 Å². The lowest BCUT2D eigenvalue weighted by molar-refractivity contribution is 0.384. The van der Waals surface area contributed by atoms with Crippen LogP contribution < -0.4 is 10.5 Å². The van der Waals surface area contributed by atoms with Crippen molar-refractivity contribution in [2.75, 3.05) is 7.11 Å². The minimum atomic E-state index is -0.179. The molecule has 2 N–H and O–H groups in total. The third-order valence-electron chi connectivity index (χ3n) is 3.82. The zero-order valence-electron chi connectivity index (χ0n) is 10.0. The summed E-state index contributed by atoms with van der Waals surface area (Å²) >= 11 is 1.75. The topological polar surface area (TPSA) is 35.2 Å². The first-order valence-electron chi connectivity index (χ1n) is 6.08. The fraction of sp³-hybridized carbons (Fsp3) is 0.429. The van der Waals surface area contributed by atoms with Gasteiger partial charge >= 0.3 is 0 Å². The average Bonchev–Trinajstić information content (AvgIpc) is 2.96. The SMILES string of the molecule is COc1c(C2(N)CCCC2)ccc2sccc12. The van der Waals surface area contributed by atoms with E-state index in [1.54, 1.807) is 18.4 Å². The summed E-state index contributed by atoms with van der Waals surface area (Å²) < 4.78 is 6.89. The molecule has 0 spiro atoms. The first kappa shape index (κ1) is 11.1. The fourth-order valence-electron chi connectivity index (χ4n) is 2.90. The number of nitrogens with two attached hydrogens (primary N) is 1. The number of thiophene rings is 1. The molecule has 0 atom stereocenters. The molecule has 1 aromatic heterocycles. The van der Waals surface area contributed by atoms with Crippen molar-refractivity contribution < 1.29 is 4.74 Å². The quantitative estimate of drug-likeness (QED) is 0.879. The average molecular weight is 247 g/mol. The Hall–Kier alpha value is -1.06. The van der Waals surface area contributed by atoms with Gasteiger partial charge in [-0.3, -0.25) is 0 Å². The summed E-state index contributed by atoms with van der Waals surface area (Å²) in [5.74, 6) is 0.980. The van der Waals surface area contributed by atoms with E-state index in [9.17, 15) is 0 Å². The molecule has 2 aromatic rings. The number of hydrogen-bond acceptors (Lipinski definition) is 3. The van der Waals surface area contributed by atoms with Crippen LogP contribution in [0, 0.1) is 0 Å². The first-order chi connectivity index (χ1) is 8.24. The number of ether oxygens (including phenoxy) is 1. The highest BCUT2D eigenvalue weighted by Gasteiger charge is 2.34. The molecule has 0 saturated heterocycles. The smallest absolute Gasteiger partial charge is 0.132 e. The van der Waals surface area contributed by atoms with Crippen LogP contribution in [0.15, 0.2) is 23.6 Å². The highest BCUT2D eigenvalue weighted by molar-refractivity contribution is 7.17. The Morgan fingerprint density at radius 3 is 2.71 bits per heavy atom. The molecule has 17 heavy (non-hydrogen) atoms. The second kappa shape index (κ2) is 4.00. The summed E-state index contributed by atoms with van der Waals surface area (Å²) in [4.78, 5) is 0. The van der Waals surface area contributed by atoms with Crippen LogP contribution in [0.3, 0.4) is 0 Å². The number of hydrogen-bond donors (Lipinski definition) is 1. The van der Waals surface area contributed by atoms with E-state index in [1.165, 1.54) is 28.5 Å². The zero-order valence-corrected chi connectivity index (χ0v) is 10.8. The molecule has 1 aromatic carbocycles. The largest absolute Gasteiger partial charge is 0.496 e. The molecule has 1 fully saturated rings. The Kier molecular flexibility index (Phi) is 2.60. The van der Waals surface area contributed by atoms with E-state index in [1.807, 2.05) is 0 Å². The molecule has 1 heterocycles. The van der Waals surface area contributed by atoms with Gasteiger partial charge in [-0.15, -0.1) is 11.3 Å². The minimum Gasteiger partial charge on any atom is -0.496 e. The van der Waals surface area contributed by atoms with E-state index in [0.29, 0.717) is 0 Å². The summed E-state index contributed by atoms with van der Waals surface area (Å²) in [7, 11) is 1.74. The van der Waals surface area contributed by atoms with Crippen LogP contribution in [0.1, 0.15) is 31.2 Å². The molecular formula is C14H17NOS. The molecule has 0 aliphatic heterocycles. The molecule has 1 aliphatic rings. The molecule has 90 valence electrons. The normalized spacial score (nSPS) is 18.7. The Balaban J connectivity index is 2.21. The lowest BCUT2D eigenvalue weighted by Gasteiger charge is -2.26. The summed E-state index contributed by atoms with van der Waals surface area (Å²) in [5.41, 5.74) is 7.54. The molecule has 3 heteroatoms. The lowest BCUT2D eigenvalue weighted by Crippen LogP contribution is -2.33. The Morgan fingerprint density at radius 1 is 1.24 bits per heavy atom. The monoisotopic (exact) mass is 247 g/mol. The van der Waals surface area contributed by atoms with Gasteiger partial charge in [0.25, 0.3) is 0 Å². The lowest BCUT2D eigenvalue weighted by atomic mass is 9.88. The van der Waals surface area contributed by atoms with Gasteiger partial charge in [-0.1, -0.05) is 18.9 Å². The molecule has 0 radical (unpaired) electrons. The van der Waals surface area contributed by atoms with Crippen molar-refractivity contribution in [2.45, 2.75) is 31.2 Å². The van der Waals surface area contributed by atoms with E-state index in [4.69, 9.17) is 10.5 Å². The third-order valence-corrected chi connectivity index (χ3v) is 4.70. The Bertz CT molecular complexity index is 540. The molecule has 0 bridgehead atoms. The van der Waals surface area contributed by atoms with E-state index < -0.39 is 0 Å². The van der Waals surface area contributed by atoms with E-state index in [2.05, 4.69) is 23.6 Å². The molecule has 0 unspecified atom stereocenters. The molecule has 3 rings (SSSR count). The van der Waals surface area contributed by atoms with Crippen molar-refractivity contribution in [3.05, 3.63) is 29.1 Å². The van der Waals surface area contributed by atoms with Crippen molar-refractivity contribution in [1.82, 2.24) is 0 Å². The van der Waals surface area contributed by atoms with E-state index in [-0.39, 0.29) is 5.54 Å². The minimum absolute atomic E-state index is 0.179.